The number of benzene rings is 2. The van der Waals surface area contributed by atoms with E-state index in [1.165, 1.54) is 11.3 Å². The fourth-order valence-corrected chi connectivity index (χ4v) is 4.68. The van der Waals surface area contributed by atoms with Gasteiger partial charge in [0.15, 0.2) is 0 Å². The van der Waals surface area contributed by atoms with Crippen molar-refractivity contribution >= 4 is 34.1 Å². The number of rotatable bonds is 11. The number of carbonyl (C=O) groups excluding carboxylic acids is 2. The molecule has 4 rings (SSSR count). The predicted molar refractivity (Wildman–Crippen MR) is 138 cm³/mol. The van der Waals surface area contributed by atoms with E-state index >= 15 is 0 Å². The Labute approximate surface area is 208 Å². The van der Waals surface area contributed by atoms with Crippen molar-refractivity contribution in [2.75, 3.05) is 6.61 Å². The number of fused-ring (bicyclic) bond motifs is 1. The third-order valence-electron chi connectivity index (χ3n) is 5.80. The highest BCUT2D eigenvalue weighted by Crippen LogP contribution is 2.22. The molecule has 0 aliphatic rings. The molecule has 0 bridgehead atoms. The maximum atomic E-state index is 13.1. The van der Waals surface area contributed by atoms with Crippen LogP contribution in [0.3, 0.4) is 0 Å². The summed E-state index contributed by atoms with van der Waals surface area (Å²) in [5.74, 6) is -0.870. The van der Waals surface area contributed by atoms with Gasteiger partial charge in [0.05, 0.1) is 12.6 Å². The Kier molecular flexibility index (Phi) is 8.28. The van der Waals surface area contributed by atoms with Gasteiger partial charge in [-0.3, -0.25) is 4.79 Å². The molecule has 4 aromatic rings. The number of esters is 1. The molecule has 2 aromatic carbocycles. The van der Waals surface area contributed by atoms with Crippen molar-refractivity contribution in [1.82, 2.24) is 15.3 Å². The van der Waals surface area contributed by atoms with Crippen LogP contribution in [0.4, 0.5) is 0 Å². The van der Waals surface area contributed by atoms with Crippen molar-refractivity contribution in [3.63, 3.8) is 0 Å². The SMILES string of the molecule is CCCCOC(=O)C(Cc1c[nH]c2ccccc12)NC(=O)c1csc(C(N)Cc2ccccc2)n1. The lowest BCUT2D eigenvalue weighted by atomic mass is 10.0. The monoisotopic (exact) mass is 490 g/mol. The number of carbonyl (C=O) groups is 2. The Bertz CT molecular complexity index is 1270. The first-order valence-corrected chi connectivity index (χ1v) is 12.7. The van der Waals surface area contributed by atoms with Crippen LogP contribution < -0.4 is 11.1 Å². The largest absolute Gasteiger partial charge is 0.464 e. The van der Waals surface area contributed by atoms with Crippen LogP contribution in [-0.4, -0.2) is 34.5 Å². The molecule has 0 aliphatic carbocycles. The van der Waals surface area contributed by atoms with Crippen LogP contribution in [0.1, 0.15) is 52.4 Å². The maximum absolute atomic E-state index is 13.1. The van der Waals surface area contributed by atoms with Gasteiger partial charge >= 0.3 is 5.97 Å². The van der Waals surface area contributed by atoms with E-state index in [0.717, 1.165) is 34.9 Å². The first kappa shape index (κ1) is 24.6. The van der Waals surface area contributed by atoms with E-state index in [-0.39, 0.29) is 11.7 Å². The minimum Gasteiger partial charge on any atom is -0.464 e. The highest BCUT2D eigenvalue weighted by Gasteiger charge is 2.26. The third-order valence-corrected chi connectivity index (χ3v) is 6.78. The van der Waals surface area contributed by atoms with Gasteiger partial charge in [-0.25, -0.2) is 9.78 Å². The van der Waals surface area contributed by atoms with E-state index in [1.807, 2.05) is 67.7 Å². The zero-order valence-corrected chi connectivity index (χ0v) is 20.5. The van der Waals surface area contributed by atoms with E-state index in [1.54, 1.807) is 5.38 Å². The number of thiazole rings is 1. The first-order chi connectivity index (χ1) is 17.0. The van der Waals surface area contributed by atoms with Crippen molar-refractivity contribution in [1.29, 1.82) is 0 Å². The van der Waals surface area contributed by atoms with Crippen LogP contribution in [0.25, 0.3) is 10.9 Å². The number of para-hydroxylation sites is 1. The van der Waals surface area contributed by atoms with Gasteiger partial charge in [0.2, 0.25) is 0 Å². The predicted octanol–water partition coefficient (Wildman–Crippen LogP) is 4.55. The van der Waals surface area contributed by atoms with Crippen LogP contribution in [0.5, 0.6) is 0 Å². The van der Waals surface area contributed by atoms with Crippen molar-refractivity contribution in [3.05, 3.63) is 88.0 Å². The Morgan fingerprint density at radius 1 is 1.11 bits per heavy atom. The number of nitrogens with zero attached hydrogens (tertiary/aromatic N) is 1. The lowest BCUT2D eigenvalue weighted by molar-refractivity contribution is -0.146. The van der Waals surface area contributed by atoms with Gasteiger partial charge in [0.25, 0.3) is 5.91 Å². The van der Waals surface area contributed by atoms with Gasteiger partial charge in [0, 0.05) is 28.9 Å². The van der Waals surface area contributed by atoms with E-state index in [9.17, 15) is 9.59 Å². The average molecular weight is 491 g/mol. The average Bonchev–Trinajstić information content (AvgIpc) is 3.52. The van der Waals surface area contributed by atoms with E-state index < -0.39 is 17.9 Å². The lowest BCUT2D eigenvalue weighted by Gasteiger charge is -2.17. The second kappa shape index (κ2) is 11.8. The molecule has 0 fully saturated rings. The number of unbranched alkanes of at least 4 members (excludes halogenated alkanes) is 1. The Morgan fingerprint density at radius 2 is 1.89 bits per heavy atom. The molecule has 8 heteroatoms. The highest BCUT2D eigenvalue weighted by molar-refractivity contribution is 7.09. The standard InChI is InChI=1S/C27H30N4O3S/c1-2-3-13-34-27(33)23(15-19-16-29-22-12-8-7-11-20(19)22)30-25(32)24-17-35-26(31-24)21(28)14-18-9-5-4-6-10-18/h4-12,16-17,21,23,29H,2-3,13-15,28H2,1H3,(H,30,32). The fraction of sp³-hybridized carbons (Fsp3) is 0.296. The summed E-state index contributed by atoms with van der Waals surface area (Å²) < 4.78 is 5.45. The number of nitrogens with one attached hydrogen (secondary N) is 2. The summed E-state index contributed by atoms with van der Waals surface area (Å²) >= 11 is 1.35. The summed E-state index contributed by atoms with van der Waals surface area (Å²) in [6.45, 7) is 2.35. The van der Waals surface area contributed by atoms with Crippen molar-refractivity contribution < 1.29 is 14.3 Å². The van der Waals surface area contributed by atoms with Gasteiger partial charge in [-0.05, 0) is 30.0 Å². The molecule has 0 aliphatic heterocycles. The molecule has 2 atom stereocenters. The van der Waals surface area contributed by atoms with Crippen molar-refractivity contribution in [2.24, 2.45) is 5.73 Å². The summed E-state index contributed by atoms with van der Waals surface area (Å²) in [5, 5.41) is 6.21. The Morgan fingerprint density at radius 3 is 2.69 bits per heavy atom. The molecule has 0 radical (unpaired) electrons. The van der Waals surface area contributed by atoms with E-state index in [0.29, 0.717) is 24.5 Å². The van der Waals surface area contributed by atoms with Crippen LogP contribution in [0, 0.1) is 0 Å². The van der Waals surface area contributed by atoms with Gasteiger partial charge in [0.1, 0.15) is 16.7 Å². The Balaban J connectivity index is 1.47. The lowest BCUT2D eigenvalue weighted by Crippen LogP contribution is -2.43. The van der Waals surface area contributed by atoms with Gasteiger partial charge in [-0.15, -0.1) is 11.3 Å². The van der Waals surface area contributed by atoms with Gasteiger partial charge in [-0.1, -0.05) is 61.9 Å². The Hall–Kier alpha value is -3.49. The molecular weight excluding hydrogens is 460 g/mol. The molecule has 2 aromatic heterocycles. The second-order valence-corrected chi connectivity index (χ2v) is 9.37. The molecule has 2 heterocycles. The van der Waals surface area contributed by atoms with Crippen LogP contribution in [0.2, 0.25) is 0 Å². The molecule has 0 saturated carbocycles. The number of amides is 1. The van der Waals surface area contributed by atoms with Crippen LogP contribution in [-0.2, 0) is 22.4 Å². The smallest absolute Gasteiger partial charge is 0.328 e. The third kappa shape index (κ3) is 6.35. The number of H-pyrrole nitrogens is 1. The molecule has 35 heavy (non-hydrogen) atoms. The topological polar surface area (TPSA) is 110 Å². The van der Waals surface area contributed by atoms with Crippen molar-refractivity contribution in [3.8, 4) is 0 Å². The highest BCUT2D eigenvalue weighted by atomic mass is 32.1. The maximum Gasteiger partial charge on any atom is 0.328 e. The summed E-state index contributed by atoms with van der Waals surface area (Å²) in [4.78, 5) is 33.6. The van der Waals surface area contributed by atoms with Crippen LogP contribution in [0.15, 0.2) is 66.2 Å². The molecule has 2 unspecified atom stereocenters. The van der Waals surface area contributed by atoms with E-state index in [2.05, 4.69) is 15.3 Å². The molecule has 4 N–H and O–H groups in total. The molecular formula is C27H30N4O3S. The molecule has 0 saturated heterocycles. The van der Waals surface area contributed by atoms with E-state index in [4.69, 9.17) is 10.5 Å². The normalized spacial score (nSPS) is 12.9. The summed E-state index contributed by atoms with van der Waals surface area (Å²) in [6.07, 6.45) is 4.49. The van der Waals surface area contributed by atoms with Gasteiger partial charge < -0.3 is 20.8 Å². The summed E-state index contributed by atoms with van der Waals surface area (Å²) in [5.41, 5.74) is 9.60. The molecule has 1 amide bonds. The quantitative estimate of drug-likeness (QED) is 0.211. The number of ether oxygens (including phenoxy) is 1. The summed E-state index contributed by atoms with van der Waals surface area (Å²) in [6, 6.07) is 16.6. The number of hydrogen-bond donors (Lipinski definition) is 3. The number of hydrogen-bond acceptors (Lipinski definition) is 6. The molecule has 182 valence electrons. The van der Waals surface area contributed by atoms with Crippen molar-refractivity contribution in [2.45, 2.75) is 44.7 Å². The number of aromatic nitrogens is 2. The molecule has 0 spiro atoms. The number of aromatic amines is 1. The molecule has 7 nitrogen and oxygen atoms in total. The zero-order chi connectivity index (χ0) is 24.6. The van der Waals surface area contributed by atoms with Crippen LogP contribution >= 0.6 is 11.3 Å². The number of nitrogens with two attached hydrogens (primary N) is 1. The van der Waals surface area contributed by atoms with Gasteiger partial charge in [-0.2, -0.15) is 0 Å². The zero-order valence-electron chi connectivity index (χ0n) is 19.7. The first-order valence-electron chi connectivity index (χ1n) is 11.8. The second-order valence-electron chi connectivity index (χ2n) is 8.48. The minimum atomic E-state index is -0.832. The summed E-state index contributed by atoms with van der Waals surface area (Å²) in [7, 11) is 0. The fourth-order valence-electron chi connectivity index (χ4n) is 3.88. The minimum absolute atomic E-state index is 0.249.